The Morgan fingerprint density at radius 2 is 1.22 bits per heavy atom. The zero-order valence-electron chi connectivity index (χ0n) is 38.8. The Morgan fingerprint density at radius 1 is 0.676 bits per heavy atom. The molecule has 68 heavy (non-hydrogen) atoms. The summed E-state index contributed by atoms with van der Waals surface area (Å²) in [7, 11) is 0. The number of hydrogen-bond acceptors (Lipinski definition) is 13. The zero-order chi connectivity index (χ0) is 50.9. The molecule has 18 N–H and O–H groups in total. The fourth-order valence-corrected chi connectivity index (χ4v) is 6.52. The van der Waals surface area contributed by atoms with Crippen LogP contribution in [0.25, 0.3) is 0 Å². The van der Waals surface area contributed by atoms with E-state index in [1.54, 1.807) is 44.2 Å². The number of nitrogens with one attached hydrogen (secondary N) is 8. The molecule has 25 nitrogen and oxygen atoms in total. The van der Waals surface area contributed by atoms with Crippen LogP contribution in [0.15, 0.2) is 47.8 Å². The van der Waals surface area contributed by atoms with Gasteiger partial charge in [0, 0.05) is 31.3 Å². The van der Waals surface area contributed by atoms with Gasteiger partial charge in [-0.3, -0.25) is 43.3 Å². The third-order valence-corrected chi connectivity index (χ3v) is 10.7. The van der Waals surface area contributed by atoms with Crippen LogP contribution in [0.2, 0.25) is 0 Å². The van der Waals surface area contributed by atoms with Gasteiger partial charge in [-0.25, -0.2) is 9.78 Å². The van der Waals surface area contributed by atoms with Crippen LogP contribution in [0.4, 0.5) is 0 Å². The highest BCUT2D eigenvalue weighted by Gasteiger charge is 2.34. The largest absolute Gasteiger partial charge is 0.481 e. The van der Waals surface area contributed by atoms with Crippen LogP contribution in [-0.4, -0.2) is 141 Å². The van der Waals surface area contributed by atoms with Gasteiger partial charge >= 0.3 is 11.9 Å². The quantitative estimate of drug-likeness (QED) is 0.0200. The molecule has 1 aromatic heterocycles. The van der Waals surface area contributed by atoms with Crippen LogP contribution in [0, 0.1) is 5.92 Å². The summed E-state index contributed by atoms with van der Waals surface area (Å²) in [5.41, 5.74) is 23.5. The van der Waals surface area contributed by atoms with E-state index in [0.717, 1.165) is 0 Å². The Labute approximate surface area is 393 Å². The summed E-state index contributed by atoms with van der Waals surface area (Å²) in [6.45, 7) is 6.45. The number of rotatable bonds is 31. The molecule has 0 saturated heterocycles. The van der Waals surface area contributed by atoms with E-state index in [-0.39, 0.29) is 44.7 Å². The zero-order valence-corrected chi connectivity index (χ0v) is 38.8. The second-order valence-corrected chi connectivity index (χ2v) is 16.3. The molecule has 7 amide bonds. The number of H-pyrrole nitrogens is 1. The maximum Gasteiger partial charge on any atom is 0.326 e. The highest BCUT2D eigenvalue weighted by Crippen LogP contribution is 2.11. The molecule has 0 fully saturated rings. The number of aromatic nitrogens is 2. The lowest BCUT2D eigenvalue weighted by Gasteiger charge is -2.27. The van der Waals surface area contributed by atoms with Gasteiger partial charge in [0.15, 0.2) is 5.96 Å². The maximum absolute atomic E-state index is 13.8. The number of nitrogens with two attached hydrogens (primary N) is 4. The molecule has 0 aliphatic carbocycles. The van der Waals surface area contributed by atoms with Crippen LogP contribution in [-0.2, 0) is 56.0 Å². The molecule has 0 saturated carbocycles. The van der Waals surface area contributed by atoms with E-state index in [4.69, 9.17) is 22.9 Å². The topological polar surface area (TPSA) is 423 Å². The Kier molecular flexibility index (Phi) is 24.7. The fraction of sp³-hybridized carbons (Fsp3) is 0.558. The average molecular weight is 957 g/mol. The molecule has 1 aromatic carbocycles. The lowest BCUT2D eigenvalue weighted by Crippen LogP contribution is -2.60. The number of imidazole rings is 1. The Hall–Kier alpha value is -7.15. The molecule has 0 bridgehead atoms. The fourth-order valence-electron chi connectivity index (χ4n) is 6.52. The second kappa shape index (κ2) is 29.5. The van der Waals surface area contributed by atoms with Crippen LogP contribution in [0.1, 0.15) is 83.9 Å². The monoisotopic (exact) mass is 957 g/mol. The molecular formula is C43H68N14O11. The number of unbranched alkanes of at least 4 members (excludes halogenated alkanes) is 1. The molecule has 0 aliphatic heterocycles. The molecular weight excluding hydrogens is 889 g/mol. The number of benzene rings is 1. The van der Waals surface area contributed by atoms with Crippen molar-refractivity contribution < 1.29 is 53.4 Å². The number of carboxylic acids is 2. The van der Waals surface area contributed by atoms with Crippen molar-refractivity contribution in [1.29, 1.82) is 0 Å². The maximum atomic E-state index is 13.8. The van der Waals surface area contributed by atoms with Crippen molar-refractivity contribution in [2.24, 2.45) is 33.8 Å². The van der Waals surface area contributed by atoms with Gasteiger partial charge in [0.2, 0.25) is 41.4 Å². The molecule has 9 unspecified atom stereocenters. The van der Waals surface area contributed by atoms with Crippen molar-refractivity contribution in [2.45, 2.75) is 134 Å². The number of carbonyl (C=O) groups excluding carboxylic acids is 7. The van der Waals surface area contributed by atoms with Gasteiger partial charge in [0.05, 0.1) is 18.8 Å². The molecule has 1 heterocycles. The van der Waals surface area contributed by atoms with Crippen molar-refractivity contribution in [3.63, 3.8) is 0 Å². The van der Waals surface area contributed by atoms with Crippen molar-refractivity contribution in [3.05, 3.63) is 54.1 Å². The van der Waals surface area contributed by atoms with Gasteiger partial charge in [-0.1, -0.05) is 50.6 Å². The third kappa shape index (κ3) is 20.6. The predicted octanol–water partition coefficient (Wildman–Crippen LogP) is -3.26. The first kappa shape index (κ1) is 57.0. The molecule has 376 valence electrons. The molecule has 25 heteroatoms. The van der Waals surface area contributed by atoms with Crippen molar-refractivity contribution in [3.8, 4) is 0 Å². The minimum atomic E-state index is -1.74. The highest BCUT2D eigenvalue weighted by atomic mass is 16.4. The predicted molar refractivity (Wildman–Crippen MR) is 247 cm³/mol. The first-order chi connectivity index (χ1) is 32.2. The van der Waals surface area contributed by atoms with E-state index in [1.165, 1.54) is 26.4 Å². The van der Waals surface area contributed by atoms with Gasteiger partial charge in [0.1, 0.15) is 42.3 Å². The Bertz CT molecular complexity index is 2020. The smallest absolute Gasteiger partial charge is 0.326 e. The van der Waals surface area contributed by atoms with Gasteiger partial charge in [0.25, 0.3) is 0 Å². The second-order valence-electron chi connectivity index (χ2n) is 16.3. The summed E-state index contributed by atoms with van der Waals surface area (Å²) in [5, 5.41) is 36.8. The molecule has 0 aliphatic rings. The summed E-state index contributed by atoms with van der Waals surface area (Å²) < 4.78 is 0. The van der Waals surface area contributed by atoms with Crippen molar-refractivity contribution >= 4 is 59.2 Å². The standard InChI is InChI=1S/C43H68N14O11/c1-5-23(2)34(42(67)68)57-41(66)31(19-27-21-48-22-50-27)55-38(63)29(15-9-10-16-44)53-36(61)25(4)51-35(60)24(3)52-39(64)32(20-33(58)59)56-40(65)30(18-26-12-7-6-8-13-26)54-37(62)28(45)14-11-17-49-43(46)47/h6-8,12-13,21-25,28-32,34H,5,9-11,14-20,44-45H2,1-4H3,(H,48,50)(H,51,60)(H,52,64)(H,53,61)(H,54,62)(H,55,63)(H,56,65)(H,57,66)(H,58,59)(H,67,68)(H4,46,47,49). The number of carbonyl (C=O) groups is 9. The number of nitrogens with zero attached hydrogens (tertiary/aromatic N) is 2. The number of aromatic amines is 1. The Balaban J connectivity index is 2.19. The van der Waals surface area contributed by atoms with Gasteiger partial charge in [-0.2, -0.15) is 0 Å². The lowest BCUT2D eigenvalue weighted by molar-refractivity contribution is -0.144. The summed E-state index contributed by atoms with van der Waals surface area (Å²) in [5.74, 6) is -9.34. The number of aliphatic carboxylic acids is 2. The van der Waals surface area contributed by atoms with E-state index in [0.29, 0.717) is 36.9 Å². The van der Waals surface area contributed by atoms with Gasteiger partial charge < -0.3 is 75.3 Å². The minimum absolute atomic E-state index is 0.0605. The van der Waals surface area contributed by atoms with Crippen LogP contribution < -0.4 is 60.2 Å². The SMILES string of the molecule is CCC(C)C(NC(=O)C(Cc1cnc[nH]1)NC(=O)C(CCCCN)NC(=O)C(C)NC(=O)C(C)NC(=O)C(CC(=O)O)NC(=O)C(Cc1ccccc1)NC(=O)C(N)CCCN=C(N)N)C(=O)O. The number of aliphatic imine (C=N–C) groups is 1. The lowest BCUT2D eigenvalue weighted by atomic mass is 9.98. The first-order valence-electron chi connectivity index (χ1n) is 22.3. The highest BCUT2D eigenvalue weighted by molar-refractivity contribution is 5.98. The van der Waals surface area contributed by atoms with E-state index >= 15 is 0 Å². The summed E-state index contributed by atoms with van der Waals surface area (Å²) in [6.07, 6.45) is 3.54. The third-order valence-electron chi connectivity index (χ3n) is 10.7. The van der Waals surface area contributed by atoms with E-state index < -0.39 is 114 Å². The Morgan fingerprint density at radius 3 is 1.79 bits per heavy atom. The molecule has 2 aromatic rings. The van der Waals surface area contributed by atoms with E-state index in [2.05, 4.69) is 52.2 Å². The van der Waals surface area contributed by atoms with Crippen LogP contribution in [0.5, 0.6) is 0 Å². The summed E-state index contributed by atoms with van der Waals surface area (Å²) in [4.78, 5) is 129. The van der Waals surface area contributed by atoms with Crippen molar-refractivity contribution in [2.75, 3.05) is 13.1 Å². The average Bonchev–Trinajstić information content (AvgIpc) is 3.81. The number of guanidine groups is 1. The number of carboxylic acid groups (broad SMARTS) is 2. The van der Waals surface area contributed by atoms with Crippen molar-refractivity contribution in [1.82, 2.24) is 47.2 Å². The van der Waals surface area contributed by atoms with Gasteiger partial charge in [-0.05, 0) is 64.0 Å². The first-order valence-corrected chi connectivity index (χ1v) is 22.3. The van der Waals surface area contributed by atoms with E-state index in [9.17, 15) is 53.4 Å². The molecule has 0 radical (unpaired) electrons. The number of hydrogen-bond donors (Lipinski definition) is 14. The number of amides is 7. The molecule has 0 spiro atoms. The summed E-state index contributed by atoms with van der Waals surface area (Å²) in [6, 6.07) is -2.14. The van der Waals surface area contributed by atoms with Crippen LogP contribution in [0.3, 0.4) is 0 Å². The summed E-state index contributed by atoms with van der Waals surface area (Å²) >= 11 is 0. The minimum Gasteiger partial charge on any atom is -0.481 e. The van der Waals surface area contributed by atoms with Gasteiger partial charge in [-0.15, -0.1) is 0 Å². The molecule has 2 rings (SSSR count). The molecule has 9 atom stereocenters. The normalized spacial score (nSPS) is 14.9. The van der Waals surface area contributed by atoms with Crippen LogP contribution >= 0.6 is 0 Å². The van der Waals surface area contributed by atoms with E-state index in [1.807, 2.05) is 0 Å².